The van der Waals surface area contributed by atoms with Crippen molar-refractivity contribution in [2.75, 3.05) is 6.54 Å². The van der Waals surface area contributed by atoms with E-state index in [1.807, 2.05) is 65.6 Å². The van der Waals surface area contributed by atoms with E-state index in [9.17, 15) is 9.90 Å². The molecule has 3 atom stereocenters. The van der Waals surface area contributed by atoms with E-state index in [0.29, 0.717) is 24.4 Å². The summed E-state index contributed by atoms with van der Waals surface area (Å²) in [6.45, 7) is 0.506. The van der Waals surface area contributed by atoms with E-state index in [0.717, 1.165) is 36.8 Å². The fourth-order valence-corrected chi connectivity index (χ4v) is 5.35. The van der Waals surface area contributed by atoms with E-state index < -0.39 is 5.60 Å². The maximum Gasteiger partial charge on any atom is 0.276 e. The lowest BCUT2D eigenvalue weighted by molar-refractivity contribution is -0.110. The van der Waals surface area contributed by atoms with Crippen molar-refractivity contribution in [2.45, 2.75) is 43.7 Å². The lowest BCUT2D eigenvalue weighted by Gasteiger charge is -2.52. The highest BCUT2D eigenvalue weighted by Crippen LogP contribution is 2.47. The summed E-state index contributed by atoms with van der Waals surface area (Å²) < 4.78 is 5.60. The van der Waals surface area contributed by atoms with Crippen LogP contribution in [0.3, 0.4) is 0 Å². The molecule has 0 radical (unpaired) electrons. The van der Waals surface area contributed by atoms with Crippen molar-refractivity contribution in [3.63, 3.8) is 0 Å². The third-order valence-electron chi connectivity index (χ3n) is 6.82. The zero-order chi connectivity index (χ0) is 20.6. The molecule has 2 aliphatic rings. The van der Waals surface area contributed by atoms with Crippen molar-refractivity contribution in [3.8, 4) is 11.3 Å². The molecule has 2 heterocycles. The zero-order valence-corrected chi connectivity index (χ0v) is 16.9. The van der Waals surface area contributed by atoms with Crippen LogP contribution in [-0.2, 0) is 5.60 Å². The number of fused-ring (bicyclic) bond motifs is 1. The van der Waals surface area contributed by atoms with E-state index in [1.165, 1.54) is 6.39 Å². The number of hydrogen-bond donors (Lipinski definition) is 1. The lowest BCUT2D eigenvalue weighted by atomic mass is 9.66. The van der Waals surface area contributed by atoms with Gasteiger partial charge in [0.2, 0.25) is 0 Å². The molecule has 1 N–H and O–H groups in total. The van der Waals surface area contributed by atoms with Gasteiger partial charge >= 0.3 is 0 Å². The average Bonchev–Trinajstić information content (AvgIpc) is 3.30. The van der Waals surface area contributed by atoms with E-state index >= 15 is 0 Å². The monoisotopic (exact) mass is 402 g/mol. The quantitative estimate of drug-likeness (QED) is 0.693. The summed E-state index contributed by atoms with van der Waals surface area (Å²) in [6.07, 6.45) is 5.85. The van der Waals surface area contributed by atoms with Gasteiger partial charge in [0.15, 0.2) is 17.8 Å². The Kier molecular flexibility index (Phi) is 4.91. The average molecular weight is 402 g/mol. The first kappa shape index (κ1) is 19.1. The number of piperidine rings is 1. The first-order valence-corrected chi connectivity index (χ1v) is 10.8. The standard InChI is InChI=1S/C25H26N2O3/c28-24(22-23(30-17-26-22)18-9-3-1-4-10-18)27-16-15-25(29,19-11-5-2-6-12-19)20-13-7-8-14-21(20)27/h1-6,9-12,17,20-21,29H,7-8,13-16H2/t20-,21+,25-/m0/s1. The molecule has 154 valence electrons. The number of carbonyl (C=O) groups is 1. The second-order valence-corrected chi connectivity index (χ2v) is 8.39. The molecular formula is C25H26N2O3. The van der Waals surface area contributed by atoms with Crippen molar-refractivity contribution >= 4 is 5.91 Å². The van der Waals surface area contributed by atoms with Crippen molar-refractivity contribution in [2.24, 2.45) is 5.92 Å². The molecule has 1 aliphatic carbocycles. The van der Waals surface area contributed by atoms with Gasteiger partial charge in [0.05, 0.1) is 5.60 Å². The minimum absolute atomic E-state index is 0.00512. The van der Waals surface area contributed by atoms with E-state index in [-0.39, 0.29) is 17.9 Å². The van der Waals surface area contributed by atoms with Gasteiger partial charge in [-0.25, -0.2) is 4.98 Å². The maximum atomic E-state index is 13.6. The van der Waals surface area contributed by atoms with Crippen molar-refractivity contribution < 1.29 is 14.3 Å². The molecule has 0 spiro atoms. The van der Waals surface area contributed by atoms with Gasteiger partial charge < -0.3 is 14.4 Å². The minimum Gasteiger partial charge on any atom is -0.443 e. The van der Waals surface area contributed by atoms with Crippen LogP contribution in [0.1, 0.15) is 48.2 Å². The number of rotatable bonds is 3. The van der Waals surface area contributed by atoms with Crippen LogP contribution in [0.5, 0.6) is 0 Å². The fourth-order valence-electron chi connectivity index (χ4n) is 5.35. The van der Waals surface area contributed by atoms with Gasteiger partial charge in [-0.2, -0.15) is 0 Å². The summed E-state index contributed by atoms with van der Waals surface area (Å²) in [7, 11) is 0. The van der Waals surface area contributed by atoms with Gasteiger partial charge in [-0.15, -0.1) is 0 Å². The van der Waals surface area contributed by atoms with Gasteiger partial charge in [-0.3, -0.25) is 4.79 Å². The first-order chi connectivity index (χ1) is 14.7. The molecule has 30 heavy (non-hydrogen) atoms. The third kappa shape index (κ3) is 3.14. The smallest absolute Gasteiger partial charge is 0.276 e. The van der Waals surface area contributed by atoms with Crippen LogP contribution in [0, 0.1) is 5.92 Å². The number of aromatic nitrogens is 1. The minimum atomic E-state index is -0.894. The number of aliphatic hydroxyl groups is 1. The van der Waals surface area contributed by atoms with Crippen LogP contribution in [0.25, 0.3) is 11.3 Å². The fraction of sp³-hybridized carbons (Fsp3) is 0.360. The highest BCUT2D eigenvalue weighted by Gasteiger charge is 2.50. The second-order valence-electron chi connectivity index (χ2n) is 8.39. The normalized spacial score (nSPS) is 26.2. The summed E-state index contributed by atoms with van der Waals surface area (Å²) in [6, 6.07) is 19.6. The number of hydrogen-bond acceptors (Lipinski definition) is 4. The SMILES string of the molecule is O=C(c1ncoc1-c1ccccc1)N1CC[C@](O)(c2ccccc2)[C@H]2CCCC[C@H]21. The molecule has 1 amide bonds. The molecule has 0 unspecified atom stereocenters. The number of benzene rings is 2. The summed E-state index contributed by atoms with van der Waals surface area (Å²) >= 11 is 0. The third-order valence-corrected chi connectivity index (χ3v) is 6.82. The molecule has 1 saturated carbocycles. The maximum absolute atomic E-state index is 13.6. The van der Waals surface area contributed by atoms with E-state index in [4.69, 9.17) is 4.42 Å². The Hall–Kier alpha value is -2.92. The molecule has 1 aliphatic heterocycles. The summed E-state index contributed by atoms with van der Waals surface area (Å²) in [4.78, 5) is 19.8. The Balaban J connectivity index is 1.47. The van der Waals surface area contributed by atoms with Gasteiger partial charge in [0.25, 0.3) is 5.91 Å². The summed E-state index contributed by atoms with van der Waals surface area (Å²) in [5, 5.41) is 11.7. The number of nitrogens with zero attached hydrogens (tertiary/aromatic N) is 2. The molecule has 5 rings (SSSR count). The molecule has 0 bridgehead atoms. The highest BCUT2D eigenvalue weighted by atomic mass is 16.3. The Morgan fingerprint density at radius 1 is 1.03 bits per heavy atom. The van der Waals surface area contributed by atoms with Gasteiger partial charge in [0.1, 0.15) is 0 Å². The first-order valence-electron chi connectivity index (χ1n) is 10.8. The number of amides is 1. The molecule has 1 aromatic heterocycles. The van der Waals surface area contributed by atoms with E-state index in [2.05, 4.69) is 4.98 Å². The number of oxazole rings is 1. The molecule has 5 heteroatoms. The van der Waals surface area contributed by atoms with Crippen LogP contribution in [-0.4, -0.2) is 33.5 Å². The Morgan fingerprint density at radius 3 is 2.50 bits per heavy atom. The molecular weight excluding hydrogens is 376 g/mol. The molecule has 2 fully saturated rings. The largest absolute Gasteiger partial charge is 0.443 e. The second kappa shape index (κ2) is 7.73. The van der Waals surface area contributed by atoms with Gasteiger partial charge in [-0.05, 0) is 24.8 Å². The number of carbonyl (C=O) groups excluding carboxylic acids is 1. The molecule has 1 saturated heterocycles. The van der Waals surface area contributed by atoms with Crippen LogP contribution in [0.2, 0.25) is 0 Å². The van der Waals surface area contributed by atoms with Crippen LogP contribution in [0.15, 0.2) is 71.5 Å². The van der Waals surface area contributed by atoms with Crippen LogP contribution >= 0.6 is 0 Å². The molecule has 3 aromatic rings. The Morgan fingerprint density at radius 2 is 1.73 bits per heavy atom. The van der Waals surface area contributed by atoms with Crippen molar-refractivity contribution in [3.05, 3.63) is 78.3 Å². The van der Waals surface area contributed by atoms with Crippen LogP contribution in [0.4, 0.5) is 0 Å². The predicted octanol–water partition coefficient (Wildman–Crippen LogP) is 4.63. The molecule has 5 nitrogen and oxygen atoms in total. The molecule has 2 aromatic carbocycles. The van der Waals surface area contributed by atoms with Crippen molar-refractivity contribution in [1.82, 2.24) is 9.88 Å². The summed E-state index contributed by atoms with van der Waals surface area (Å²) in [5.41, 5.74) is 1.27. The zero-order valence-electron chi connectivity index (χ0n) is 16.9. The predicted molar refractivity (Wildman–Crippen MR) is 114 cm³/mol. The van der Waals surface area contributed by atoms with Crippen LogP contribution < -0.4 is 0 Å². The van der Waals surface area contributed by atoms with E-state index in [1.54, 1.807) is 0 Å². The van der Waals surface area contributed by atoms with Crippen molar-refractivity contribution in [1.29, 1.82) is 0 Å². The topological polar surface area (TPSA) is 66.6 Å². The van der Waals surface area contributed by atoms with Gasteiger partial charge in [0, 0.05) is 24.1 Å². The van der Waals surface area contributed by atoms with Gasteiger partial charge in [-0.1, -0.05) is 73.5 Å². The highest BCUT2D eigenvalue weighted by molar-refractivity contribution is 5.98. The Labute approximate surface area is 176 Å². The number of likely N-dealkylation sites (tertiary alicyclic amines) is 1. The summed E-state index contributed by atoms with van der Waals surface area (Å²) in [5.74, 6) is 0.435. The lowest BCUT2D eigenvalue weighted by Crippen LogP contribution is -2.59. The Bertz CT molecular complexity index is 1020.